The van der Waals surface area contributed by atoms with Gasteiger partial charge in [0.15, 0.2) is 5.84 Å². The zero-order valence-electron chi connectivity index (χ0n) is 14.0. The largest absolute Gasteiger partial charge is 0.465 e. The van der Waals surface area contributed by atoms with Gasteiger partial charge >= 0.3 is 0 Å². The molecular weight excluding hydrogens is 354 g/mol. The van der Waals surface area contributed by atoms with Crippen LogP contribution >= 0.6 is 11.8 Å². The lowest BCUT2D eigenvalue weighted by atomic mass is 10.1. The zero-order chi connectivity index (χ0) is 18.1. The Hall–Kier alpha value is -2.68. The fraction of sp³-hybridized carbons (Fsp3) is 0.353. The number of furan rings is 1. The molecule has 2 amide bonds. The number of aliphatic imine (C=N–C) groups is 1. The standard InChI is InChI=1S/C17H17N5O3S/c18-15-12(9-11-5-4-8-25-11)16(24)19-17-22(15)20-13(26-17)10-14(23)21-6-2-1-3-7-21/h4-5,8-9,18H,1-3,6-7,10H2/b12-9-,18-15?. The predicted octanol–water partition coefficient (Wildman–Crippen LogP) is 2.30. The first-order chi connectivity index (χ1) is 12.6. The summed E-state index contributed by atoms with van der Waals surface area (Å²) >= 11 is 1.17. The lowest BCUT2D eigenvalue weighted by Crippen LogP contribution is -2.36. The third-order valence-corrected chi connectivity index (χ3v) is 5.25. The lowest BCUT2D eigenvalue weighted by molar-refractivity contribution is -0.130. The highest BCUT2D eigenvalue weighted by Crippen LogP contribution is 2.29. The Bertz CT molecular complexity index is 850. The van der Waals surface area contributed by atoms with Crippen molar-refractivity contribution in [3.63, 3.8) is 0 Å². The smallest absolute Gasteiger partial charge is 0.283 e. The van der Waals surface area contributed by atoms with E-state index in [0.29, 0.717) is 16.0 Å². The van der Waals surface area contributed by atoms with Crippen LogP contribution in [0.25, 0.3) is 6.08 Å². The van der Waals surface area contributed by atoms with Crippen molar-refractivity contribution in [1.82, 2.24) is 9.91 Å². The number of amides is 2. The van der Waals surface area contributed by atoms with Crippen LogP contribution in [0.15, 0.2) is 38.5 Å². The highest BCUT2D eigenvalue weighted by molar-refractivity contribution is 8.27. The van der Waals surface area contributed by atoms with E-state index in [1.165, 1.54) is 29.1 Å². The number of hydrogen-bond donors (Lipinski definition) is 1. The summed E-state index contributed by atoms with van der Waals surface area (Å²) in [5.41, 5.74) is 0.108. The van der Waals surface area contributed by atoms with Crippen molar-refractivity contribution in [2.75, 3.05) is 13.1 Å². The Morgan fingerprint density at radius 1 is 1.35 bits per heavy atom. The van der Waals surface area contributed by atoms with E-state index in [9.17, 15) is 9.59 Å². The first kappa shape index (κ1) is 16.8. The molecule has 3 aliphatic heterocycles. The van der Waals surface area contributed by atoms with Gasteiger partial charge in [0.25, 0.3) is 5.91 Å². The van der Waals surface area contributed by atoms with Crippen molar-refractivity contribution in [3.05, 3.63) is 29.7 Å². The van der Waals surface area contributed by atoms with Crippen LogP contribution in [-0.4, -0.2) is 50.9 Å². The molecule has 1 aromatic rings. The first-order valence-corrected chi connectivity index (χ1v) is 9.24. The Balaban J connectivity index is 1.51. The summed E-state index contributed by atoms with van der Waals surface area (Å²) in [6.07, 6.45) is 6.36. The second kappa shape index (κ2) is 6.91. The van der Waals surface area contributed by atoms with Gasteiger partial charge in [-0.3, -0.25) is 15.0 Å². The highest BCUT2D eigenvalue weighted by atomic mass is 32.2. The van der Waals surface area contributed by atoms with Crippen molar-refractivity contribution in [2.45, 2.75) is 25.7 Å². The third kappa shape index (κ3) is 3.22. The van der Waals surface area contributed by atoms with Crippen molar-refractivity contribution < 1.29 is 14.0 Å². The zero-order valence-corrected chi connectivity index (χ0v) is 14.8. The molecular formula is C17H17N5O3S. The lowest BCUT2D eigenvalue weighted by Gasteiger charge is -2.26. The van der Waals surface area contributed by atoms with Crippen LogP contribution in [0, 0.1) is 5.41 Å². The fourth-order valence-corrected chi connectivity index (χ4v) is 3.88. The molecule has 0 radical (unpaired) electrons. The van der Waals surface area contributed by atoms with Gasteiger partial charge in [-0.25, -0.2) is 0 Å². The number of thioether (sulfide) groups is 1. The van der Waals surface area contributed by atoms with Gasteiger partial charge < -0.3 is 9.32 Å². The molecule has 0 aliphatic carbocycles. The van der Waals surface area contributed by atoms with Crippen LogP contribution in [0.1, 0.15) is 31.4 Å². The van der Waals surface area contributed by atoms with Crippen LogP contribution < -0.4 is 0 Å². The number of nitrogens with one attached hydrogen (secondary N) is 1. The molecule has 0 unspecified atom stereocenters. The molecule has 1 saturated heterocycles. The van der Waals surface area contributed by atoms with E-state index < -0.39 is 5.91 Å². The summed E-state index contributed by atoms with van der Waals surface area (Å²) in [5, 5.41) is 14.8. The maximum atomic E-state index is 12.4. The molecule has 1 fully saturated rings. The summed E-state index contributed by atoms with van der Waals surface area (Å²) < 4.78 is 5.20. The van der Waals surface area contributed by atoms with E-state index in [2.05, 4.69) is 10.1 Å². The molecule has 8 nitrogen and oxygen atoms in total. The first-order valence-electron chi connectivity index (χ1n) is 8.42. The van der Waals surface area contributed by atoms with Gasteiger partial charge in [-0.2, -0.15) is 15.1 Å². The van der Waals surface area contributed by atoms with Gasteiger partial charge in [-0.15, -0.1) is 0 Å². The van der Waals surface area contributed by atoms with E-state index in [0.717, 1.165) is 32.4 Å². The number of carbonyl (C=O) groups excluding carboxylic acids is 2. The number of fused-ring (bicyclic) bond motifs is 1. The maximum absolute atomic E-state index is 12.4. The second-order valence-electron chi connectivity index (χ2n) is 6.15. The van der Waals surface area contributed by atoms with Crippen molar-refractivity contribution in [1.29, 1.82) is 5.41 Å². The molecule has 1 N–H and O–H groups in total. The van der Waals surface area contributed by atoms with E-state index in [1.54, 1.807) is 12.1 Å². The molecule has 26 heavy (non-hydrogen) atoms. The molecule has 0 atom stereocenters. The Morgan fingerprint density at radius 3 is 2.88 bits per heavy atom. The van der Waals surface area contributed by atoms with Crippen LogP contribution in [0.5, 0.6) is 0 Å². The number of hydrogen-bond acceptors (Lipinski definition) is 6. The molecule has 0 bridgehead atoms. The normalized spacial score (nSPS) is 21.8. The number of piperidine rings is 1. The Labute approximate surface area is 154 Å². The minimum absolute atomic E-state index is 0.0283. The Kier molecular flexibility index (Phi) is 4.46. The van der Waals surface area contributed by atoms with Gasteiger partial charge in [0.1, 0.15) is 10.8 Å². The highest BCUT2D eigenvalue weighted by Gasteiger charge is 2.36. The number of rotatable bonds is 3. The predicted molar refractivity (Wildman–Crippen MR) is 98.8 cm³/mol. The monoisotopic (exact) mass is 371 g/mol. The minimum Gasteiger partial charge on any atom is -0.465 e. The van der Waals surface area contributed by atoms with E-state index in [4.69, 9.17) is 9.83 Å². The average molecular weight is 371 g/mol. The van der Waals surface area contributed by atoms with Gasteiger partial charge in [0.05, 0.1) is 18.3 Å². The number of likely N-dealkylation sites (tertiary alicyclic amines) is 1. The average Bonchev–Trinajstić information content (AvgIpc) is 3.29. The van der Waals surface area contributed by atoms with E-state index in [1.807, 2.05) is 4.90 Å². The van der Waals surface area contributed by atoms with Gasteiger partial charge in [-0.05, 0) is 49.2 Å². The fourth-order valence-electron chi connectivity index (χ4n) is 3.00. The molecule has 1 aromatic heterocycles. The minimum atomic E-state index is -0.510. The topological polar surface area (TPSA) is 102 Å². The van der Waals surface area contributed by atoms with Crippen molar-refractivity contribution in [3.8, 4) is 0 Å². The molecule has 9 heteroatoms. The van der Waals surface area contributed by atoms with Crippen LogP contribution in [0.4, 0.5) is 0 Å². The van der Waals surface area contributed by atoms with Crippen LogP contribution in [0.3, 0.4) is 0 Å². The maximum Gasteiger partial charge on any atom is 0.283 e. The number of hydrazone groups is 1. The third-order valence-electron chi connectivity index (χ3n) is 4.34. The molecule has 3 aliphatic rings. The molecule has 0 spiro atoms. The summed E-state index contributed by atoms with van der Waals surface area (Å²) in [6, 6.07) is 3.39. The molecule has 0 saturated carbocycles. The number of nitrogens with zero attached hydrogens (tertiary/aromatic N) is 4. The van der Waals surface area contributed by atoms with Gasteiger partial charge in [0.2, 0.25) is 11.1 Å². The quantitative estimate of drug-likeness (QED) is 0.822. The van der Waals surface area contributed by atoms with Gasteiger partial charge in [-0.1, -0.05) is 0 Å². The summed E-state index contributed by atoms with van der Waals surface area (Å²) in [6.45, 7) is 1.57. The number of amidine groups is 2. The summed E-state index contributed by atoms with van der Waals surface area (Å²) in [5.74, 6) is -0.0815. The summed E-state index contributed by atoms with van der Waals surface area (Å²) in [4.78, 5) is 30.5. The second-order valence-corrected chi connectivity index (χ2v) is 7.19. The Morgan fingerprint density at radius 2 is 2.15 bits per heavy atom. The molecule has 0 aromatic carbocycles. The molecule has 134 valence electrons. The van der Waals surface area contributed by atoms with E-state index in [-0.39, 0.29) is 23.7 Å². The van der Waals surface area contributed by atoms with Crippen molar-refractivity contribution >= 4 is 45.7 Å². The van der Waals surface area contributed by atoms with Crippen LogP contribution in [0.2, 0.25) is 0 Å². The molecule has 4 rings (SSSR count). The number of carbonyl (C=O) groups is 2. The summed E-state index contributed by atoms with van der Waals surface area (Å²) in [7, 11) is 0. The SMILES string of the molecule is N=C1/C(=C/c2ccco2)C(=O)N=C2SC(CC(=O)N3CCCCC3)=NN12. The molecule has 4 heterocycles. The van der Waals surface area contributed by atoms with Crippen molar-refractivity contribution in [2.24, 2.45) is 10.1 Å². The van der Waals surface area contributed by atoms with E-state index >= 15 is 0 Å². The van der Waals surface area contributed by atoms with Crippen LogP contribution in [-0.2, 0) is 9.59 Å². The van der Waals surface area contributed by atoms with Gasteiger partial charge in [0, 0.05) is 13.1 Å².